The van der Waals surface area contributed by atoms with Crippen molar-refractivity contribution in [3.8, 4) is 0 Å². The largest absolute Gasteiger partial charge is 0.387 e. The van der Waals surface area contributed by atoms with Crippen molar-refractivity contribution >= 4 is 5.69 Å². The van der Waals surface area contributed by atoms with Gasteiger partial charge in [0.2, 0.25) is 0 Å². The van der Waals surface area contributed by atoms with Crippen LogP contribution in [-0.2, 0) is 0 Å². The Labute approximate surface area is 109 Å². The average molecular weight is 249 g/mol. The van der Waals surface area contributed by atoms with Gasteiger partial charge in [0.25, 0.3) is 0 Å². The Hall–Kier alpha value is -1.13. The normalized spacial score (nSPS) is 22.3. The minimum absolute atomic E-state index is 0.491. The first kappa shape index (κ1) is 13.3. The molecule has 2 atom stereocenters. The van der Waals surface area contributed by atoms with Crippen LogP contribution >= 0.6 is 0 Å². The van der Waals surface area contributed by atoms with E-state index in [1.807, 2.05) is 12.3 Å². The van der Waals surface area contributed by atoms with Crippen LogP contribution in [0.5, 0.6) is 0 Å². The summed E-state index contributed by atoms with van der Waals surface area (Å²) in [6.45, 7) is 3.90. The van der Waals surface area contributed by atoms with Gasteiger partial charge in [-0.1, -0.05) is 0 Å². The summed E-state index contributed by atoms with van der Waals surface area (Å²) in [5, 5.41) is 9.46. The predicted molar refractivity (Wildman–Crippen MR) is 73.8 cm³/mol. The van der Waals surface area contributed by atoms with Crippen LogP contribution in [0.25, 0.3) is 0 Å². The van der Waals surface area contributed by atoms with Crippen LogP contribution in [0.15, 0.2) is 18.3 Å². The molecule has 18 heavy (non-hydrogen) atoms. The molecule has 1 fully saturated rings. The molecule has 2 rings (SSSR count). The Balaban J connectivity index is 2.06. The first-order valence-corrected chi connectivity index (χ1v) is 6.63. The predicted octanol–water partition coefficient (Wildman–Crippen LogP) is 1.67. The van der Waals surface area contributed by atoms with Crippen molar-refractivity contribution in [1.82, 2.24) is 9.88 Å². The van der Waals surface area contributed by atoms with Crippen molar-refractivity contribution in [3.05, 3.63) is 24.0 Å². The summed E-state index contributed by atoms with van der Waals surface area (Å²) in [7, 11) is 4.28. The number of hydrogen-bond acceptors (Lipinski definition) is 4. The van der Waals surface area contributed by atoms with E-state index in [1.165, 1.54) is 12.8 Å². The van der Waals surface area contributed by atoms with Gasteiger partial charge in [0, 0.05) is 19.1 Å². The summed E-state index contributed by atoms with van der Waals surface area (Å²) in [6, 6.07) is 4.60. The van der Waals surface area contributed by atoms with Gasteiger partial charge < -0.3 is 14.9 Å². The Bertz CT molecular complexity index is 375. The fraction of sp³-hybridized carbons (Fsp3) is 0.643. The molecule has 0 aliphatic carbocycles. The van der Waals surface area contributed by atoms with E-state index < -0.39 is 6.10 Å². The maximum Gasteiger partial charge on any atom is 0.0931 e. The van der Waals surface area contributed by atoms with Crippen molar-refractivity contribution in [1.29, 1.82) is 0 Å². The molecule has 1 aliphatic heterocycles. The van der Waals surface area contributed by atoms with Gasteiger partial charge in [-0.15, -0.1) is 0 Å². The molecule has 0 spiro atoms. The molecule has 0 aromatic carbocycles. The van der Waals surface area contributed by atoms with Gasteiger partial charge in [0.15, 0.2) is 0 Å². The summed E-state index contributed by atoms with van der Waals surface area (Å²) >= 11 is 0. The quantitative estimate of drug-likeness (QED) is 0.884. The number of aliphatic hydroxyl groups is 1. The summed E-state index contributed by atoms with van der Waals surface area (Å²) in [5.41, 5.74) is 1.89. The van der Waals surface area contributed by atoms with E-state index in [1.54, 1.807) is 6.92 Å². The lowest BCUT2D eigenvalue weighted by molar-refractivity contribution is 0.194. The maximum absolute atomic E-state index is 9.46. The molecule has 1 aromatic heterocycles. The molecule has 1 aromatic rings. The summed E-state index contributed by atoms with van der Waals surface area (Å²) < 4.78 is 0. The molecule has 1 aliphatic rings. The van der Waals surface area contributed by atoms with Gasteiger partial charge in [0.1, 0.15) is 0 Å². The number of aromatic nitrogens is 1. The fourth-order valence-corrected chi connectivity index (χ4v) is 2.44. The highest BCUT2D eigenvalue weighted by Gasteiger charge is 2.21. The summed E-state index contributed by atoms with van der Waals surface area (Å²) in [6.07, 6.45) is 3.87. The average Bonchev–Trinajstić information content (AvgIpc) is 2.39. The van der Waals surface area contributed by atoms with Gasteiger partial charge in [-0.2, -0.15) is 0 Å². The number of pyridine rings is 1. The smallest absolute Gasteiger partial charge is 0.0931 e. The summed E-state index contributed by atoms with van der Waals surface area (Å²) in [5.74, 6) is 0. The van der Waals surface area contributed by atoms with Crippen molar-refractivity contribution < 1.29 is 5.11 Å². The van der Waals surface area contributed by atoms with E-state index in [0.29, 0.717) is 6.04 Å². The number of anilines is 1. The molecular formula is C14H23N3O. The topological polar surface area (TPSA) is 39.6 Å². The highest BCUT2D eigenvalue weighted by molar-refractivity contribution is 5.45. The van der Waals surface area contributed by atoms with Crippen LogP contribution < -0.4 is 4.90 Å². The standard InChI is InChI=1S/C14H23N3O/c1-11(18)14-7-6-12(9-15-14)17-8-4-5-13(10-17)16(2)3/h6-7,9,11,13,18H,4-5,8,10H2,1-3H3. The lowest BCUT2D eigenvalue weighted by Gasteiger charge is -2.37. The van der Waals surface area contributed by atoms with Crippen LogP contribution in [0.1, 0.15) is 31.6 Å². The SMILES string of the molecule is CC(O)c1ccc(N2CCCC(N(C)C)C2)cn1. The van der Waals surface area contributed by atoms with Crippen molar-refractivity contribution in [2.45, 2.75) is 31.9 Å². The van der Waals surface area contributed by atoms with E-state index in [-0.39, 0.29) is 0 Å². The monoisotopic (exact) mass is 249 g/mol. The fourth-order valence-electron chi connectivity index (χ4n) is 2.44. The first-order valence-electron chi connectivity index (χ1n) is 6.63. The van der Waals surface area contributed by atoms with Gasteiger partial charge in [-0.3, -0.25) is 4.98 Å². The molecule has 0 saturated carbocycles. The third kappa shape index (κ3) is 3.00. The number of rotatable bonds is 3. The molecule has 100 valence electrons. The number of likely N-dealkylation sites (N-methyl/N-ethyl adjacent to an activating group) is 1. The molecule has 2 unspecified atom stereocenters. The third-order valence-corrected chi connectivity index (χ3v) is 3.69. The van der Waals surface area contributed by atoms with Crippen LogP contribution in [0, 0.1) is 0 Å². The van der Waals surface area contributed by atoms with Crippen molar-refractivity contribution in [3.63, 3.8) is 0 Å². The van der Waals surface area contributed by atoms with Crippen LogP contribution in [0.3, 0.4) is 0 Å². The molecule has 4 nitrogen and oxygen atoms in total. The van der Waals surface area contributed by atoms with E-state index >= 15 is 0 Å². The zero-order chi connectivity index (χ0) is 13.1. The first-order chi connectivity index (χ1) is 8.58. The van der Waals surface area contributed by atoms with Gasteiger partial charge >= 0.3 is 0 Å². The Morgan fingerprint density at radius 1 is 1.44 bits per heavy atom. The molecule has 1 saturated heterocycles. The lowest BCUT2D eigenvalue weighted by atomic mass is 10.0. The van der Waals surface area contributed by atoms with Gasteiger partial charge in [-0.05, 0) is 46.0 Å². The molecule has 0 amide bonds. The van der Waals surface area contributed by atoms with E-state index in [2.05, 4.69) is 34.9 Å². The number of nitrogens with zero attached hydrogens (tertiary/aromatic N) is 3. The zero-order valence-corrected chi connectivity index (χ0v) is 11.5. The minimum atomic E-state index is -0.491. The Morgan fingerprint density at radius 2 is 2.22 bits per heavy atom. The third-order valence-electron chi connectivity index (χ3n) is 3.69. The van der Waals surface area contributed by atoms with Crippen molar-refractivity contribution in [2.24, 2.45) is 0 Å². The van der Waals surface area contributed by atoms with E-state index in [4.69, 9.17) is 0 Å². The second-order valence-electron chi connectivity index (χ2n) is 5.32. The molecule has 1 N–H and O–H groups in total. The van der Waals surface area contributed by atoms with Gasteiger partial charge in [0.05, 0.1) is 23.7 Å². The highest BCUT2D eigenvalue weighted by Crippen LogP contribution is 2.22. The minimum Gasteiger partial charge on any atom is -0.387 e. The van der Waals surface area contributed by atoms with Gasteiger partial charge in [-0.25, -0.2) is 0 Å². The number of hydrogen-bond donors (Lipinski definition) is 1. The number of piperidine rings is 1. The molecule has 0 radical (unpaired) electrons. The zero-order valence-electron chi connectivity index (χ0n) is 11.5. The van der Waals surface area contributed by atoms with Crippen LogP contribution in [-0.4, -0.2) is 48.2 Å². The molecule has 2 heterocycles. The second kappa shape index (κ2) is 5.67. The lowest BCUT2D eigenvalue weighted by Crippen LogP contribution is -2.45. The highest BCUT2D eigenvalue weighted by atomic mass is 16.3. The van der Waals surface area contributed by atoms with Crippen molar-refractivity contribution in [2.75, 3.05) is 32.1 Å². The Morgan fingerprint density at radius 3 is 2.78 bits per heavy atom. The maximum atomic E-state index is 9.46. The summed E-state index contributed by atoms with van der Waals surface area (Å²) in [4.78, 5) is 9.00. The van der Waals surface area contributed by atoms with Crippen LogP contribution in [0.4, 0.5) is 5.69 Å². The molecular weight excluding hydrogens is 226 g/mol. The molecule has 0 bridgehead atoms. The van der Waals surface area contributed by atoms with Crippen LogP contribution in [0.2, 0.25) is 0 Å². The Kier molecular flexibility index (Phi) is 4.19. The molecule has 4 heteroatoms. The van der Waals surface area contributed by atoms with E-state index in [9.17, 15) is 5.11 Å². The second-order valence-corrected chi connectivity index (χ2v) is 5.32. The van der Waals surface area contributed by atoms with E-state index in [0.717, 1.165) is 24.5 Å². The number of aliphatic hydroxyl groups excluding tert-OH is 1.